The minimum Gasteiger partial charge on any atom is -0.344 e. The number of hydrogen-bond donors (Lipinski definition) is 1. The highest BCUT2D eigenvalue weighted by molar-refractivity contribution is 5.89. The number of rotatable bonds is 5. The van der Waals surface area contributed by atoms with E-state index in [-0.39, 0.29) is 11.8 Å². The van der Waals surface area contributed by atoms with Gasteiger partial charge >= 0.3 is 0 Å². The number of benzene rings is 1. The molecule has 0 saturated carbocycles. The van der Waals surface area contributed by atoms with Gasteiger partial charge in [-0.25, -0.2) is 0 Å². The predicted octanol–water partition coefficient (Wildman–Crippen LogP) is 2.24. The lowest BCUT2D eigenvalue weighted by molar-refractivity contribution is -0.139. The second-order valence-electron chi connectivity index (χ2n) is 8.92. The normalized spacial score (nSPS) is 16.4. The summed E-state index contributed by atoms with van der Waals surface area (Å²) in [7, 11) is 0. The number of aryl methyl sites for hydroxylation is 1. The second-order valence-corrected chi connectivity index (χ2v) is 8.92. The van der Waals surface area contributed by atoms with E-state index < -0.39 is 11.5 Å². The first-order valence-electron chi connectivity index (χ1n) is 10.4. The van der Waals surface area contributed by atoms with Crippen molar-refractivity contribution in [1.29, 1.82) is 0 Å². The maximum absolute atomic E-state index is 12.7. The third kappa shape index (κ3) is 5.44. The van der Waals surface area contributed by atoms with Crippen molar-refractivity contribution in [3.63, 3.8) is 0 Å². The first kappa shape index (κ1) is 22.0. The minimum atomic E-state index is -0.531. The third-order valence-electron chi connectivity index (χ3n) is 5.22. The fraction of sp³-hybridized carbons (Fsp3) is 0.545. The van der Waals surface area contributed by atoms with Gasteiger partial charge in [-0.3, -0.25) is 14.5 Å². The van der Waals surface area contributed by atoms with Crippen molar-refractivity contribution in [3.8, 4) is 11.4 Å². The summed E-state index contributed by atoms with van der Waals surface area (Å²) in [5.74, 6) is 0.979. The van der Waals surface area contributed by atoms with Gasteiger partial charge in [0.05, 0.1) is 6.54 Å². The van der Waals surface area contributed by atoms with Crippen molar-refractivity contribution in [1.82, 2.24) is 25.3 Å². The molecule has 1 unspecified atom stereocenters. The molecule has 1 aliphatic rings. The van der Waals surface area contributed by atoms with E-state index in [1.54, 1.807) is 11.8 Å². The van der Waals surface area contributed by atoms with Crippen molar-refractivity contribution in [2.45, 2.75) is 47.2 Å². The van der Waals surface area contributed by atoms with E-state index in [1.807, 2.05) is 52.0 Å². The predicted molar refractivity (Wildman–Crippen MR) is 113 cm³/mol. The molecule has 30 heavy (non-hydrogen) atoms. The fourth-order valence-electron chi connectivity index (χ4n) is 3.21. The molecule has 2 aromatic rings. The van der Waals surface area contributed by atoms with E-state index in [1.165, 1.54) is 5.56 Å². The van der Waals surface area contributed by atoms with E-state index in [4.69, 9.17) is 4.52 Å². The van der Waals surface area contributed by atoms with E-state index >= 15 is 0 Å². The number of nitrogens with zero attached hydrogens (tertiary/aromatic N) is 4. The summed E-state index contributed by atoms with van der Waals surface area (Å²) in [6, 6.07) is 7.47. The largest absolute Gasteiger partial charge is 0.344 e. The van der Waals surface area contributed by atoms with Crippen LogP contribution in [0.5, 0.6) is 0 Å². The SMILES string of the molecule is Cc1ccc(-c2noc(CN3CCN(C(=O)C(C)NC(=O)C(C)(C)C)CC3)n2)cc1. The Hall–Kier alpha value is -2.74. The molecule has 2 amide bonds. The number of carbonyl (C=O) groups is 2. The number of carbonyl (C=O) groups excluding carboxylic acids is 2. The highest BCUT2D eigenvalue weighted by Gasteiger charge is 2.29. The van der Waals surface area contributed by atoms with Gasteiger partial charge < -0.3 is 14.7 Å². The van der Waals surface area contributed by atoms with Crippen LogP contribution in [0.15, 0.2) is 28.8 Å². The summed E-state index contributed by atoms with van der Waals surface area (Å²) in [4.78, 5) is 33.3. The first-order valence-corrected chi connectivity index (χ1v) is 10.4. The smallest absolute Gasteiger partial charge is 0.244 e. The van der Waals surface area contributed by atoms with Crippen LogP contribution >= 0.6 is 0 Å². The number of piperazine rings is 1. The summed E-state index contributed by atoms with van der Waals surface area (Å²) in [6.07, 6.45) is 0. The van der Waals surface area contributed by atoms with Gasteiger partial charge in [0.2, 0.25) is 23.5 Å². The van der Waals surface area contributed by atoms with Gasteiger partial charge in [-0.05, 0) is 13.8 Å². The highest BCUT2D eigenvalue weighted by Crippen LogP contribution is 2.18. The Bertz CT molecular complexity index is 877. The molecule has 8 nitrogen and oxygen atoms in total. The van der Waals surface area contributed by atoms with Crippen molar-refractivity contribution in [2.24, 2.45) is 5.41 Å². The molecule has 2 heterocycles. The van der Waals surface area contributed by atoms with Crippen LogP contribution in [0.3, 0.4) is 0 Å². The van der Waals surface area contributed by atoms with Crippen LogP contribution in [0.2, 0.25) is 0 Å². The lowest BCUT2D eigenvalue weighted by Crippen LogP contribution is -2.55. The van der Waals surface area contributed by atoms with E-state index in [2.05, 4.69) is 20.4 Å². The molecule has 1 N–H and O–H groups in total. The van der Waals surface area contributed by atoms with Crippen LogP contribution in [0.25, 0.3) is 11.4 Å². The van der Waals surface area contributed by atoms with Crippen molar-refractivity contribution >= 4 is 11.8 Å². The number of aromatic nitrogens is 2. The Labute approximate surface area is 177 Å². The monoisotopic (exact) mass is 413 g/mol. The van der Waals surface area contributed by atoms with Gasteiger partial charge in [-0.15, -0.1) is 0 Å². The van der Waals surface area contributed by atoms with Crippen molar-refractivity contribution in [2.75, 3.05) is 26.2 Å². The molecule has 8 heteroatoms. The molecule has 1 aliphatic heterocycles. The quantitative estimate of drug-likeness (QED) is 0.808. The highest BCUT2D eigenvalue weighted by atomic mass is 16.5. The summed E-state index contributed by atoms with van der Waals surface area (Å²) < 4.78 is 5.41. The molecule has 3 rings (SSSR count). The molecule has 1 fully saturated rings. The molecule has 0 radical (unpaired) electrons. The van der Waals surface area contributed by atoms with Gasteiger partial charge in [0.15, 0.2) is 0 Å². The average Bonchev–Trinajstić information content (AvgIpc) is 3.16. The number of nitrogens with one attached hydrogen (secondary N) is 1. The molecule has 0 aliphatic carbocycles. The lowest BCUT2D eigenvalue weighted by atomic mass is 9.95. The van der Waals surface area contributed by atoms with Gasteiger partial charge in [-0.1, -0.05) is 55.8 Å². The molecule has 1 atom stereocenters. The number of amides is 2. The Morgan fingerprint density at radius 2 is 1.77 bits per heavy atom. The fourth-order valence-corrected chi connectivity index (χ4v) is 3.21. The molecule has 162 valence electrons. The summed E-state index contributed by atoms with van der Waals surface area (Å²) in [5, 5.41) is 6.89. The first-order chi connectivity index (χ1) is 14.1. The number of hydrogen-bond acceptors (Lipinski definition) is 6. The maximum Gasteiger partial charge on any atom is 0.244 e. The average molecular weight is 414 g/mol. The standard InChI is InChI=1S/C22H31N5O3/c1-15-6-8-17(9-7-15)19-24-18(30-25-19)14-26-10-12-27(13-11-26)20(28)16(2)23-21(29)22(3,4)5/h6-9,16H,10-14H2,1-5H3,(H,23,29). The molecule has 1 aromatic carbocycles. The molecule has 0 spiro atoms. The zero-order valence-electron chi connectivity index (χ0n) is 18.4. The Balaban J connectivity index is 1.49. The van der Waals surface area contributed by atoms with Crippen LogP contribution in [-0.2, 0) is 16.1 Å². The minimum absolute atomic E-state index is 0.0494. The summed E-state index contributed by atoms with van der Waals surface area (Å²) in [6.45, 7) is 12.5. The van der Waals surface area contributed by atoms with Gasteiger partial charge in [0, 0.05) is 37.2 Å². The molecule has 1 aromatic heterocycles. The third-order valence-corrected chi connectivity index (χ3v) is 5.22. The summed E-state index contributed by atoms with van der Waals surface area (Å²) >= 11 is 0. The Morgan fingerprint density at radius 1 is 1.13 bits per heavy atom. The van der Waals surface area contributed by atoms with Crippen LogP contribution in [-0.4, -0.2) is 64.0 Å². The van der Waals surface area contributed by atoms with Gasteiger partial charge in [0.1, 0.15) is 6.04 Å². The van der Waals surface area contributed by atoms with E-state index in [9.17, 15) is 9.59 Å². The van der Waals surface area contributed by atoms with Crippen LogP contribution in [0.1, 0.15) is 39.1 Å². The zero-order chi connectivity index (χ0) is 21.9. The topological polar surface area (TPSA) is 91.6 Å². The molecule has 0 bridgehead atoms. The Kier molecular flexibility index (Phi) is 6.55. The van der Waals surface area contributed by atoms with Crippen LogP contribution in [0.4, 0.5) is 0 Å². The molecular weight excluding hydrogens is 382 g/mol. The van der Waals surface area contributed by atoms with E-state index in [0.717, 1.165) is 5.56 Å². The van der Waals surface area contributed by atoms with Crippen LogP contribution < -0.4 is 5.32 Å². The van der Waals surface area contributed by atoms with Crippen molar-refractivity contribution in [3.05, 3.63) is 35.7 Å². The Morgan fingerprint density at radius 3 is 2.37 bits per heavy atom. The van der Waals surface area contributed by atoms with Crippen molar-refractivity contribution < 1.29 is 14.1 Å². The van der Waals surface area contributed by atoms with Crippen LogP contribution in [0, 0.1) is 12.3 Å². The summed E-state index contributed by atoms with van der Waals surface area (Å²) in [5.41, 5.74) is 1.59. The maximum atomic E-state index is 12.7. The van der Waals surface area contributed by atoms with E-state index in [0.29, 0.717) is 44.4 Å². The zero-order valence-corrected chi connectivity index (χ0v) is 18.4. The van der Waals surface area contributed by atoms with Gasteiger partial charge in [-0.2, -0.15) is 4.98 Å². The van der Waals surface area contributed by atoms with Gasteiger partial charge in [0.25, 0.3) is 0 Å². The molecular formula is C22H31N5O3. The lowest BCUT2D eigenvalue weighted by Gasteiger charge is -2.35. The second kappa shape index (κ2) is 8.95. The molecule has 1 saturated heterocycles.